The Balaban J connectivity index is 1.43. The van der Waals surface area contributed by atoms with Crippen LogP contribution in [0.1, 0.15) is 30.1 Å². The van der Waals surface area contributed by atoms with E-state index in [0.717, 1.165) is 40.7 Å². The number of carbonyl (C=O) groups is 1. The molecule has 3 aromatic heterocycles. The van der Waals surface area contributed by atoms with Crippen molar-refractivity contribution < 1.29 is 9.18 Å². The van der Waals surface area contributed by atoms with Crippen molar-refractivity contribution in [3.8, 4) is 11.1 Å². The first-order valence-electron chi connectivity index (χ1n) is 9.98. The molecule has 0 bridgehead atoms. The largest absolute Gasteiger partial charge is 0.334 e. The number of nitrogens with zero attached hydrogens (tertiary/aromatic N) is 5. The Bertz CT molecular complexity index is 1210. The van der Waals surface area contributed by atoms with E-state index in [1.165, 1.54) is 12.1 Å². The summed E-state index contributed by atoms with van der Waals surface area (Å²) in [6.07, 6.45) is 7.39. The van der Waals surface area contributed by atoms with Crippen molar-refractivity contribution in [2.24, 2.45) is 0 Å². The van der Waals surface area contributed by atoms with Gasteiger partial charge >= 0.3 is 0 Å². The quantitative estimate of drug-likeness (QED) is 0.521. The lowest BCUT2D eigenvalue weighted by Crippen LogP contribution is -2.32. The highest BCUT2D eigenvalue weighted by Crippen LogP contribution is 2.34. The minimum atomic E-state index is -0.277. The van der Waals surface area contributed by atoms with Crippen molar-refractivity contribution in [1.29, 1.82) is 0 Å². The topological polar surface area (TPSA) is 63.4 Å². The van der Waals surface area contributed by atoms with Crippen molar-refractivity contribution in [2.45, 2.75) is 25.3 Å². The third kappa shape index (κ3) is 3.43. The number of benzene rings is 1. The molecule has 1 aliphatic rings. The van der Waals surface area contributed by atoms with Crippen LogP contribution in [0.2, 0.25) is 0 Å². The van der Waals surface area contributed by atoms with Gasteiger partial charge in [-0.2, -0.15) is 0 Å². The summed E-state index contributed by atoms with van der Waals surface area (Å²) in [5.74, 6) is -0.205. The SMILES string of the molecule is O=C(Cc1cccnc1)N1CCC[C@H]1c1nnn2cc(-c3cccc(F)c3)ccc12. The van der Waals surface area contributed by atoms with Gasteiger partial charge in [0.25, 0.3) is 0 Å². The molecule has 5 rings (SSSR count). The van der Waals surface area contributed by atoms with Gasteiger partial charge in [-0.3, -0.25) is 9.78 Å². The zero-order valence-corrected chi connectivity index (χ0v) is 16.3. The number of hydrogen-bond acceptors (Lipinski definition) is 4. The average molecular weight is 401 g/mol. The standard InChI is InChI=1S/C23H20FN5O/c24-19-6-1-5-17(13-19)18-8-9-21-23(26-27-29(21)15-18)20-7-3-11-28(20)22(30)12-16-4-2-10-25-14-16/h1-2,4-6,8-10,13-15,20H,3,7,11-12H2/t20-/m0/s1. The minimum absolute atomic E-state index is 0.0723. The second-order valence-corrected chi connectivity index (χ2v) is 7.52. The molecule has 30 heavy (non-hydrogen) atoms. The predicted molar refractivity (Wildman–Crippen MR) is 110 cm³/mol. The Labute approximate surface area is 173 Å². The maximum absolute atomic E-state index is 13.6. The highest BCUT2D eigenvalue weighted by Gasteiger charge is 2.33. The summed E-state index contributed by atoms with van der Waals surface area (Å²) in [6.45, 7) is 0.712. The van der Waals surface area contributed by atoms with Crippen LogP contribution >= 0.6 is 0 Å². The molecule has 0 aliphatic carbocycles. The van der Waals surface area contributed by atoms with E-state index < -0.39 is 0 Å². The molecule has 1 aromatic carbocycles. The van der Waals surface area contributed by atoms with E-state index in [1.54, 1.807) is 23.0 Å². The Hall–Kier alpha value is -3.61. The molecule has 1 atom stereocenters. The molecule has 0 N–H and O–H groups in total. The van der Waals surface area contributed by atoms with Crippen molar-refractivity contribution in [2.75, 3.05) is 6.54 Å². The van der Waals surface area contributed by atoms with Crippen LogP contribution < -0.4 is 0 Å². The molecule has 150 valence electrons. The number of carbonyl (C=O) groups excluding carboxylic acids is 1. The molecule has 1 aliphatic heterocycles. The number of rotatable bonds is 4. The molecule has 6 nitrogen and oxygen atoms in total. The predicted octanol–water partition coefficient (Wildman–Crippen LogP) is 3.84. The van der Waals surface area contributed by atoms with Crippen LogP contribution in [-0.4, -0.2) is 37.2 Å². The van der Waals surface area contributed by atoms with Crippen molar-refractivity contribution in [1.82, 2.24) is 24.7 Å². The van der Waals surface area contributed by atoms with Gasteiger partial charge in [0, 0.05) is 30.7 Å². The van der Waals surface area contributed by atoms with Gasteiger partial charge in [-0.25, -0.2) is 8.91 Å². The van der Waals surface area contributed by atoms with Gasteiger partial charge in [0.2, 0.25) is 5.91 Å². The summed E-state index contributed by atoms with van der Waals surface area (Å²) in [7, 11) is 0. The molecular weight excluding hydrogens is 381 g/mol. The van der Waals surface area contributed by atoms with Gasteiger partial charge in [0.1, 0.15) is 11.5 Å². The number of hydrogen-bond donors (Lipinski definition) is 0. The highest BCUT2D eigenvalue weighted by molar-refractivity contribution is 5.80. The highest BCUT2D eigenvalue weighted by atomic mass is 19.1. The van der Waals surface area contributed by atoms with E-state index in [2.05, 4.69) is 15.3 Å². The Kier molecular flexibility index (Phi) is 4.71. The van der Waals surface area contributed by atoms with Gasteiger partial charge in [-0.1, -0.05) is 29.5 Å². The summed E-state index contributed by atoms with van der Waals surface area (Å²) < 4.78 is 15.3. The number of likely N-dealkylation sites (tertiary alicyclic amines) is 1. The van der Waals surface area contributed by atoms with Crippen LogP contribution in [0, 0.1) is 5.82 Å². The van der Waals surface area contributed by atoms with Gasteiger partial charge < -0.3 is 4.90 Å². The zero-order chi connectivity index (χ0) is 20.5. The molecule has 7 heteroatoms. The van der Waals surface area contributed by atoms with Crippen LogP contribution in [-0.2, 0) is 11.2 Å². The Morgan fingerprint density at radius 3 is 2.90 bits per heavy atom. The fourth-order valence-electron chi connectivity index (χ4n) is 4.12. The lowest BCUT2D eigenvalue weighted by Gasteiger charge is -2.23. The molecular formula is C23H20FN5O. The van der Waals surface area contributed by atoms with Gasteiger partial charge in [0.15, 0.2) is 0 Å². The first-order valence-corrected chi connectivity index (χ1v) is 9.98. The van der Waals surface area contributed by atoms with Crippen LogP contribution in [0.5, 0.6) is 0 Å². The first kappa shape index (κ1) is 18.4. The third-order valence-electron chi connectivity index (χ3n) is 5.57. The summed E-state index contributed by atoms with van der Waals surface area (Å²) in [4.78, 5) is 18.9. The zero-order valence-electron chi connectivity index (χ0n) is 16.3. The number of amides is 1. The normalized spacial score (nSPS) is 16.3. The van der Waals surface area contributed by atoms with Gasteiger partial charge in [-0.15, -0.1) is 5.10 Å². The maximum atomic E-state index is 13.6. The Morgan fingerprint density at radius 1 is 1.13 bits per heavy atom. The molecule has 0 radical (unpaired) electrons. The lowest BCUT2D eigenvalue weighted by atomic mass is 10.1. The fraction of sp³-hybridized carbons (Fsp3) is 0.217. The summed E-state index contributed by atoms with van der Waals surface area (Å²) >= 11 is 0. The van der Waals surface area contributed by atoms with Crippen LogP contribution in [0.3, 0.4) is 0 Å². The van der Waals surface area contributed by atoms with Crippen molar-refractivity contribution in [3.63, 3.8) is 0 Å². The van der Waals surface area contributed by atoms with E-state index >= 15 is 0 Å². The molecule has 4 aromatic rings. The summed E-state index contributed by atoms with van der Waals surface area (Å²) in [5.41, 5.74) is 4.21. The van der Waals surface area contributed by atoms with E-state index in [0.29, 0.717) is 13.0 Å². The second kappa shape index (κ2) is 7.67. The van der Waals surface area contributed by atoms with E-state index in [4.69, 9.17) is 0 Å². The first-order chi connectivity index (χ1) is 14.7. The molecule has 0 unspecified atom stereocenters. The molecule has 0 spiro atoms. The van der Waals surface area contributed by atoms with E-state index in [-0.39, 0.29) is 17.8 Å². The van der Waals surface area contributed by atoms with Crippen molar-refractivity contribution >= 4 is 11.4 Å². The lowest BCUT2D eigenvalue weighted by molar-refractivity contribution is -0.131. The molecule has 1 saturated heterocycles. The summed E-state index contributed by atoms with van der Waals surface area (Å²) in [5, 5.41) is 8.68. The maximum Gasteiger partial charge on any atom is 0.227 e. The monoisotopic (exact) mass is 401 g/mol. The van der Waals surface area contributed by atoms with Gasteiger partial charge in [0.05, 0.1) is 18.0 Å². The number of aromatic nitrogens is 4. The number of pyridine rings is 2. The van der Waals surface area contributed by atoms with E-state index in [1.807, 2.05) is 41.4 Å². The van der Waals surface area contributed by atoms with Crippen LogP contribution in [0.25, 0.3) is 16.6 Å². The average Bonchev–Trinajstić information content (AvgIpc) is 3.41. The summed E-state index contributed by atoms with van der Waals surface area (Å²) in [6, 6.07) is 14.0. The van der Waals surface area contributed by atoms with Crippen LogP contribution in [0.4, 0.5) is 4.39 Å². The fourth-order valence-corrected chi connectivity index (χ4v) is 4.12. The Morgan fingerprint density at radius 2 is 2.07 bits per heavy atom. The second-order valence-electron chi connectivity index (χ2n) is 7.52. The molecule has 1 fully saturated rings. The van der Waals surface area contributed by atoms with Gasteiger partial charge in [-0.05, 0) is 48.2 Å². The van der Waals surface area contributed by atoms with E-state index in [9.17, 15) is 9.18 Å². The minimum Gasteiger partial charge on any atom is -0.334 e. The van der Waals surface area contributed by atoms with Crippen LogP contribution in [0.15, 0.2) is 67.1 Å². The number of fused-ring (bicyclic) bond motifs is 1. The number of halogens is 1. The molecule has 1 amide bonds. The molecule has 0 saturated carbocycles. The van der Waals surface area contributed by atoms with Crippen molar-refractivity contribution in [3.05, 3.63) is 84.2 Å². The third-order valence-corrected chi connectivity index (χ3v) is 5.57. The molecule has 4 heterocycles. The smallest absolute Gasteiger partial charge is 0.227 e.